The van der Waals surface area contributed by atoms with E-state index in [0.717, 1.165) is 43.6 Å². The number of carbonyl (C=O) groups is 2. The Bertz CT molecular complexity index is 630. The molecule has 0 spiro atoms. The Morgan fingerprint density at radius 3 is 2.63 bits per heavy atom. The largest absolute Gasteiger partial charge is 0.377 e. The highest BCUT2D eigenvalue weighted by Gasteiger charge is 2.19. The van der Waals surface area contributed by atoms with E-state index in [1.54, 1.807) is 7.11 Å². The lowest BCUT2D eigenvalue weighted by Gasteiger charge is -2.34. The number of nitrogens with zero attached hydrogens (tertiary/aromatic N) is 2. The number of benzene rings is 1. The van der Waals surface area contributed by atoms with Crippen molar-refractivity contribution in [3.63, 3.8) is 0 Å². The van der Waals surface area contributed by atoms with Crippen molar-refractivity contribution in [1.29, 1.82) is 0 Å². The zero-order chi connectivity index (χ0) is 19.8. The molecule has 0 radical (unpaired) electrons. The highest BCUT2D eigenvalue weighted by molar-refractivity contribution is 5.80. The first-order chi connectivity index (χ1) is 13.0. The van der Waals surface area contributed by atoms with Crippen molar-refractivity contribution in [2.24, 2.45) is 5.73 Å². The van der Waals surface area contributed by atoms with Crippen molar-refractivity contribution in [1.82, 2.24) is 10.2 Å². The van der Waals surface area contributed by atoms with E-state index in [0.29, 0.717) is 19.4 Å². The summed E-state index contributed by atoms with van der Waals surface area (Å²) in [6.45, 7) is 6.57. The molecule has 2 unspecified atom stereocenters. The van der Waals surface area contributed by atoms with Crippen molar-refractivity contribution in [2.75, 3.05) is 45.2 Å². The third kappa shape index (κ3) is 6.02. The van der Waals surface area contributed by atoms with Crippen LogP contribution in [0, 0.1) is 0 Å². The second kappa shape index (κ2) is 10.4. The van der Waals surface area contributed by atoms with Crippen LogP contribution < -0.4 is 16.0 Å². The van der Waals surface area contributed by atoms with Gasteiger partial charge in [-0.2, -0.15) is 0 Å². The fourth-order valence-corrected chi connectivity index (χ4v) is 3.34. The Hall–Kier alpha value is -1.96. The summed E-state index contributed by atoms with van der Waals surface area (Å²) < 4.78 is 5.51. The molecule has 7 heteroatoms. The highest BCUT2D eigenvalue weighted by Crippen LogP contribution is 2.26. The Kier molecular flexibility index (Phi) is 8.22. The first kappa shape index (κ1) is 21.3. The van der Waals surface area contributed by atoms with Crippen molar-refractivity contribution >= 4 is 17.9 Å². The predicted octanol–water partition coefficient (Wildman–Crippen LogP) is 1.07. The smallest absolute Gasteiger partial charge is 0.234 e. The molecule has 1 aromatic rings. The van der Waals surface area contributed by atoms with Gasteiger partial charge in [0.1, 0.15) is 6.29 Å². The number of piperazine rings is 1. The van der Waals surface area contributed by atoms with E-state index >= 15 is 0 Å². The van der Waals surface area contributed by atoms with Crippen LogP contribution in [-0.4, -0.2) is 63.5 Å². The number of likely N-dealkylation sites (N-methyl/N-ethyl adjacent to an activating group) is 1. The summed E-state index contributed by atoms with van der Waals surface area (Å²) in [5.74, 6) is -0.437. The first-order valence-corrected chi connectivity index (χ1v) is 9.51. The number of primary amides is 1. The minimum atomic E-state index is -0.520. The van der Waals surface area contributed by atoms with E-state index in [2.05, 4.69) is 40.4 Å². The number of rotatable bonds is 10. The topological polar surface area (TPSA) is 87.9 Å². The van der Waals surface area contributed by atoms with Gasteiger partial charge in [0.05, 0.1) is 12.1 Å². The molecule has 0 aromatic heterocycles. The Balaban J connectivity index is 2.18. The average Bonchev–Trinajstić information content (AvgIpc) is 2.67. The molecule has 1 amide bonds. The lowest BCUT2D eigenvalue weighted by molar-refractivity contribution is -0.120. The van der Waals surface area contributed by atoms with Gasteiger partial charge in [-0.3, -0.25) is 4.79 Å². The van der Waals surface area contributed by atoms with Crippen molar-refractivity contribution < 1.29 is 14.3 Å². The van der Waals surface area contributed by atoms with Gasteiger partial charge >= 0.3 is 0 Å². The summed E-state index contributed by atoms with van der Waals surface area (Å²) in [5, 5.41) is 3.21. The van der Waals surface area contributed by atoms with Crippen molar-refractivity contribution in [2.45, 2.75) is 38.5 Å². The third-order valence-electron chi connectivity index (χ3n) is 5.24. The van der Waals surface area contributed by atoms with E-state index in [-0.39, 0.29) is 6.10 Å². The maximum Gasteiger partial charge on any atom is 0.234 e. The van der Waals surface area contributed by atoms with Gasteiger partial charge in [0.15, 0.2) is 0 Å². The van der Waals surface area contributed by atoms with Crippen LogP contribution in [0.4, 0.5) is 5.69 Å². The maximum atomic E-state index is 11.7. The zero-order valence-corrected chi connectivity index (χ0v) is 16.6. The van der Waals surface area contributed by atoms with E-state index in [9.17, 15) is 9.59 Å². The van der Waals surface area contributed by atoms with Crippen LogP contribution in [-0.2, 0) is 20.9 Å². The number of anilines is 1. The third-order valence-corrected chi connectivity index (χ3v) is 5.24. The van der Waals surface area contributed by atoms with Gasteiger partial charge in [-0.25, -0.2) is 0 Å². The molecule has 1 aliphatic heterocycles. The molecule has 2 rings (SSSR count). The summed E-state index contributed by atoms with van der Waals surface area (Å²) in [6, 6.07) is 5.88. The molecular formula is C20H32N4O3. The van der Waals surface area contributed by atoms with Crippen LogP contribution in [0.15, 0.2) is 18.2 Å². The van der Waals surface area contributed by atoms with Gasteiger partial charge in [0.2, 0.25) is 5.91 Å². The number of hydrogen-bond acceptors (Lipinski definition) is 6. The highest BCUT2D eigenvalue weighted by atomic mass is 16.5. The number of nitrogens with two attached hydrogens (primary N) is 1. The van der Waals surface area contributed by atoms with Crippen LogP contribution >= 0.6 is 0 Å². The van der Waals surface area contributed by atoms with Crippen LogP contribution in [0.1, 0.15) is 37.0 Å². The summed E-state index contributed by atoms with van der Waals surface area (Å²) in [5.41, 5.74) is 8.81. The standard InChI is InChI=1S/C20H32N4O3/c1-15(27-3)18-7-6-17(24-10-8-23(2)9-11-24)13-16(18)14-22-19(20(21)26)5-4-12-25/h6-7,12-13,15,19,22H,4-5,8-11,14H2,1-3H3,(H2,21,26). The Labute approximate surface area is 161 Å². The zero-order valence-electron chi connectivity index (χ0n) is 16.6. The number of carbonyl (C=O) groups excluding carboxylic acids is 2. The summed E-state index contributed by atoms with van der Waals surface area (Å²) >= 11 is 0. The lowest BCUT2D eigenvalue weighted by Crippen LogP contribution is -2.44. The Morgan fingerprint density at radius 2 is 2.04 bits per heavy atom. The van der Waals surface area contributed by atoms with Gasteiger partial charge in [0, 0.05) is 51.9 Å². The monoisotopic (exact) mass is 376 g/mol. The van der Waals surface area contributed by atoms with Crippen molar-refractivity contribution in [3.8, 4) is 0 Å². The van der Waals surface area contributed by atoms with Gasteiger partial charge in [-0.05, 0) is 43.7 Å². The molecule has 3 N–H and O–H groups in total. The lowest BCUT2D eigenvalue weighted by atomic mass is 10.0. The number of methoxy groups -OCH3 is 1. The molecule has 150 valence electrons. The van der Waals surface area contributed by atoms with Crippen LogP contribution in [0.3, 0.4) is 0 Å². The maximum absolute atomic E-state index is 11.7. The van der Waals surface area contributed by atoms with Gasteiger partial charge in [-0.15, -0.1) is 0 Å². The molecule has 1 fully saturated rings. The van der Waals surface area contributed by atoms with E-state index in [1.165, 1.54) is 5.69 Å². The minimum Gasteiger partial charge on any atom is -0.377 e. The molecule has 0 bridgehead atoms. The summed E-state index contributed by atoms with van der Waals surface area (Å²) in [7, 11) is 3.83. The molecular weight excluding hydrogens is 344 g/mol. The SMILES string of the molecule is COC(C)c1ccc(N2CCN(C)CC2)cc1CNC(CCC=O)C(N)=O. The molecule has 1 heterocycles. The number of hydrogen-bond donors (Lipinski definition) is 2. The van der Waals surface area contributed by atoms with Crippen LogP contribution in [0.2, 0.25) is 0 Å². The van der Waals surface area contributed by atoms with Crippen molar-refractivity contribution in [3.05, 3.63) is 29.3 Å². The second-order valence-corrected chi connectivity index (χ2v) is 7.13. The van der Waals surface area contributed by atoms with E-state index in [4.69, 9.17) is 10.5 Å². The molecule has 1 aliphatic rings. The van der Waals surface area contributed by atoms with E-state index in [1.807, 2.05) is 6.92 Å². The normalized spacial score (nSPS) is 17.5. The number of nitrogens with one attached hydrogen (secondary N) is 1. The number of aldehydes is 1. The molecule has 27 heavy (non-hydrogen) atoms. The number of amides is 1. The summed E-state index contributed by atoms with van der Waals surface area (Å²) in [6.07, 6.45) is 1.48. The van der Waals surface area contributed by atoms with E-state index < -0.39 is 11.9 Å². The molecule has 0 saturated carbocycles. The van der Waals surface area contributed by atoms with Crippen LogP contribution in [0.5, 0.6) is 0 Å². The predicted molar refractivity (Wildman–Crippen MR) is 107 cm³/mol. The quantitative estimate of drug-likeness (QED) is 0.594. The molecule has 0 aliphatic carbocycles. The van der Waals surface area contributed by atoms with Gasteiger partial charge in [-0.1, -0.05) is 6.07 Å². The number of ether oxygens (including phenoxy) is 1. The van der Waals surface area contributed by atoms with Gasteiger partial charge < -0.3 is 30.4 Å². The molecule has 1 aromatic carbocycles. The molecule has 7 nitrogen and oxygen atoms in total. The minimum absolute atomic E-state index is 0.0506. The van der Waals surface area contributed by atoms with Crippen LogP contribution in [0.25, 0.3) is 0 Å². The fourth-order valence-electron chi connectivity index (χ4n) is 3.34. The fraction of sp³-hybridized carbons (Fsp3) is 0.600. The molecule has 2 atom stereocenters. The summed E-state index contributed by atoms with van der Waals surface area (Å²) in [4.78, 5) is 27.0. The second-order valence-electron chi connectivity index (χ2n) is 7.13. The molecule has 1 saturated heterocycles. The Morgan fingerprint density at radius 1 is 1.33 bits per heavy atom. The van der Waals surface area contributed by atoms with Gasteiger partial charge in [0.25, 0.3) is 0 Å². The average molecular weight is 377 g/mol. The first-order valence-electron chi connectivity index (χ1n) is 9.51.